The Balaban J connectivity index is 0.000000238. The number of ether oxygens (including phenoxy) is 3. The number of aliphatic carboxylic acids is 1. The number of nitrogens with zero attached hydrogens (tertiary/aromatic N) is 4. The molecular weight excluding hydrogens is 847 g/mol. The third kappa shape index (κ3) is 14.8. The third-order valence-corrected chi connectivity index (χ3v) is 11.6. The number of halogens is 2. The molecule has 0 bridgehead atoms. The van der Waals surface area contributed by atoms with Crippen LogP contribution in [0, 0.1) is 0 Å². The molecule has 4 amide bonds. The summed E-state index contributed by atoms with van der Waals surface area (Å²) >= 11 is 12.5. The second-order valence-electron chi connectivity index (χ2n) is 15.8. The Labute approximate surface area is 380 Å². The van der Waals surface area contributed by atoms with Crippen molar-refractivity contribution in [2.45, 2.75) is 64.7 Å². The Kier molecular flexibility index (Phi) is 18.3. The smallest absolute Gasteiger partial charge is 0.321 e. The zero-order chi connectivity index (χ0) is 45.5. The SMILES string of the molecule is COC(=O)Cc1ccc(Cl)c(OCCN2[C@H](C)CN(C(=O)Nc3ccccc3)C[C@@H]2C)c1.C[C@@H]1CN(C(=O)Nc2ccccc2)C[C@H](C)N1CCOc1cc(CC(=O)O)ccc1Cl. The highest BCUT2D eigenvalue weighted by Gasteiger charge is 2.33. The molecule has 0 unspecified atom stereocenters. The Hall–Kier alpha value is -5.54. The first-order chi connectivity index (χ1) is 30.2. The maximum atomic E-state index is 12.7. The average molecular weight is 906 g/mol. The quantitative estimate of drug-likeness (QED) is 0.106. The molecule has 63 heavy (non-hydrogen) atoms. The number of hydrogen-bond donors (Lipinski definition) is 3. The minimum absolute atomic E-state index is 0.0748. The topological polar surface area (TPSA) is 153 Å². The monoisotopic (exact) mass is 904 g/mol. The van der Waals surface area contributed by atoms with Crippen LogP contribution in [0.3, 0.4) is 0 Å². The summed E-state index contributed by atoms with van der Waals surface area (Å²) in [5, 5.41) is 15.8. The Morgan fingerprint density at radius 2 is 0.984 bits per heavy atom. The van der Waals surface area contributed by atoms with Crippen LogP contribution in [0.4, 0.5) is 21.0 Å². The second kappa shape index (κ2) is 23.8. The molecule has 0 saturated carbocycles. The van der Waals surface area contributed by atoms with Gasteiger partial charge in [0.25, 0.3) is 0 Å². The number of piperazine rings is 2. The number of carboxylic acids is 1. The van der Waals surface area contributed by atoms with Gasteiger partial charge in [-0.25, -0.2) is 9.59 Å². The summed E-state index contributed by atoms with van der Waals surface area (Å²) < 4.78 is 16.5. The lowest BCUT2D eigenvalue weighted by Gasteiger charge is -2.44. The van der Waals surface area contributed by atoms with Crippen molar-refractivity contribution in [3.63, 3.8) is 0 Å². The number of rotatable bonds is 14. The normalized spacial score (nSPS) is 19.0. The summed E-state index contributed by atoms with van der Waals surface area (Å²) in [6, 6.07) is 29.8. The van der Waals surface area contributed by atoms with Gasteiger partial charge in [-0.15, -0.1) is 0 Å². The van der Waals surface area contributed by atoms with Crippen molar-refractivity contribution < 1.29 is 38.5 Å². The zero-order valence-corrected chi connectivity index (χ0v) is 38.0. The maximum Gasteiger partial charge on any atom is 0.321 e. The molecule has 2 aliphatic rings. The first-order valence-electron chi connectivity index (χ1n) is 21.0. The molecule has 4 aromatic rings. The summed E-state index contributed by atoms with van der Waals surface area (Å²) in [5.41, 5.74) is 3.01. The number of anilines is 2. The lowest BCUT2D eigenvalue weighted by molar-refractivity contribution is -0.140. The van der Waals surface area contributed by atoms with Gasteiger partial charge in [0.2, 0.25) is 0 Å². The van der Waals surface area contributed by atoms with E-state index in [0.717, 1.165) is 16.9 Å². The second-order valence-corrected chi connectivity index (χ2v) is 16.6. The van der Waals surface area contributed by atoms with Crippen LogP contribution in [-0.2, 0) is 27.2 Å². The zero-order valence-electron chi connectivity index (χ0n) is 36.5. The number of nitrogens with one attached hydrogen (secondary N) is 2. The molecule has 2 fully saturated rings. The van der Waals surface area contributed by atoms with Crippen molar-refractivity contribution in [2.24, 2.45) is 0 Å². The maximum absolute atomic E-state index is 12.7. The van der Waals surface area contributed by atoms with Crippen molar-refractivity contribution in [3.05, 3.63) is 118 Å². The summed E-state index contributed by atoms with van der Waals surface area (Å²) in [7, 11) is 1.36. The van der Waals surface area contributed by atoms with Crippen molar-refractivity contribution in [1.29, 1.82) is 0 Å². The Morgan fingerprint density at radius 1 is 0.603 bits per heavy atom. The van der Waals surface area contributed by atoms with Gasteiger partial charge < -0.3 is 39.8 Å². The van der Waals surface area contributed by atoms with E-state index in [1.165, 1.54) is 7.11 Å². The predicted molar refractivity (Wildman–Crippen MR) is 246 cm³/mol. The van der Waals surface area contributed by atoms with Crippen molar-refractivity contribution in [3.8, 4) is 11.5 Å². The molecule has 16 heteroatoms. The molecule has 14 nitrogen and oxygen atoms in total. The number of para-hydroxylation sites is 2. The summed E-state index contributed by atoms with van der Waals surface area (Å²) in [4.78, 5) is 56.0. The lowest BCUT2D eigenvalue weighted by Crippen LogP contribution is -2.59. The number of carbonyl (C=O) groups excluding carboxylic acids is 3. The van der Waals surface area contributed by atoms with Gasteiger partial charge in [0.1, 0.15) is 24.7 Å². The molecule has 0 spiro atoms. The molecular formula is C47H58Cl2N6O8. The fraction of sp³-hybridized carbons (Fsp3) is 0.404. The molecule has 2 aliphatic heterocycles. The van der Waals surface area contributed by atoms with Crippen LogP contribution < -0.4 is 20.1 Å². The van der Waals surface area contributed by atoms with Crippen LogP contribution in [0.2, 0.25) is 10.0 Å². The van der Waals surface area contributed by atoms with Gasteiger partial charge in [-0.3, -0.25) is 19.4 Å². The first kappa shape index (κ1) is 48.5. The van der Waals surface area contributed by atoms with Crippen LogP contribution in [0.5, 0.6) is 11.5 Å². The highest BCUT2D eigenvalue weighted by molar-refractivity contribution is 6.32. The third-order valence-electron chi connectivity index (χ3n) is 11.0. The molecule has 0 radical (unpaired) electrons. The van der Waals surface area contributed by atoms with E-state index < -0.39 is 5.97 Å². The highest BCUT2D eigenvalue weighted by atomic mass is 35.5. The minimum atomic E-state index is -0.898. The van der Waals surface area contributed by atoms with Gasteiger partial charge in [-0.1, -0.05) is 71.7 Å². The fourth-order valence-electron chi connectivity index (χ4n) is 7.85. The standard InChI is InChI=1S/C24H30ClN3O4.C23H28ClN3O4/c1-17-15-27(24(30)26-20-7-5-4-6-8-20)16-18(2)28(17)11-12-32-22-13-19(9-10-21(22)25)14-23(29)31-3;1-16-14-26(23(30)25-19-6-4-3-5-7-19)15-17(2)27(16)10-11-31-21-12-18(13-22(28)29)8-9-20(21)24/h4-10,13,17-18H,11-12,14-16H2,1-3H3,(H,26,30);3-9,12,16-17H,10-11,13-15H2,1-2H3,(H,25,30)(H,28,29)/t17-,18+;16-,17+. The van der Waals surface area contributed by atoms with Gasteiger partial charge in [0.05, 0.1) is 30.0 Å². The van der Waals surface area contributed by atoms with Crippen molar-refractivity contribution in [1.82, 2.24) is 19.6 Å². The van der Waals surface area contributed by atoms with E-state index in [2.05, 4.69) is 48.1 Å². The molecule has 2 saturated heterocycles. The fourth-order valence-corrected chi connectivity index (χ4v) is 8.19. The molecule has 6 rings (SSSR count). The molecule has 0 aromatic heterocycles. The van der Waals surface area contributed by atoms with Crippen LogP contribution in [-0.4, -0.2) is 132 Å². The predicted octanol–water partition coefficient (Wildman–Crippen LogP) is 8.03. The van der Waals surface area contributed by atoms with Gasteiger partial charge >= 0.3 is 24.0 Å². The molecule has 0 aliphatic carbocycles. The van der Waals surface area contributed by atoms with E-state index >= 15 is 0 Å². The molecule has 4 atom stereocenters. The van der Waals surface area contributed by atoms with Gasteiger partial charge in [-0.2, -0.15) is 0 Å². The van der Waals surface area contributed by atoms with Gasteiger partial charge in [0.15, 0.2) is 0 Å². The minimum Gasteiger partial charge on any atom is -0.491 e. The average Bonchev–Trinajstić information content (AvgIpc) is 3.25. The molecule has 2 heterocycles. The number of carbonyl (C=O) groups is 4. The molecule has 4 aromatic carbocycles. The number of benzene rings is 4. The van der Waals surface area contributed by atoms with Crippen LogP contribution in [0.25, 0.3) is 0 Å². The summed E-state index contributed by atoms with van der Waals surface area (Å²) in [5.74, 6) is -0.170. The number of urea groups is 2. The van der Waals surface area contributed by atoms with Gasteiger partial charge in [0, 0.05) is 74.8 Å². The van der Waals surface area contributed by atoms with Gasteiger partial charge in [-0.05, 0) is 87.4 Å². The van der Waals surface area contributed by atoms with Crippen LogP contribution in [0.1, 0.15) is 38.8 Å². The van der Waals surface area contributed by atoms with E-state index in [-0.39, 0.29) is 55.0 Å². The van der Waals surface area contributed by atoms with Crippen molar-refractivity contribution in [2.75, 3.05) is 70.2 Å². The van der Waals surface area contributed by atoms with Crippen LogP contribution in [0.15, 0.2) is 97.1 Å². The lowest BCUT2D eigenvalue weighted by atomic mass is 10.1. The highest BCUT2D eigenvalue weighted by Crippen LogP contribution is 2.28. The first-order valence-corrected chi connectivity index (χ1v) is 21.8. The summed E-state index contributed by atoms with van der Waals surface area (Å²) in [6.07, 6.45) is 0.0969. The van der Waals surface area contributed by atoms with E-state index in [1.54, 1.807) is 36.4 Å². The molecule has 338 valence electrons. The number of methoxy groups -OCH3 is 1. The van der Waals surface area contributed by atoms with E-state index in [1.807, 2.05) is 70.5 Å². The number of esters is 1. The van der Waals surface area contributed by atoms with E-state index in [9.17, 15) is 19.2 Å². The van der Waals surface area contributed by atoms with E-state index in [0.29, 0.717) is 79.6 Å². The summed E-state index contributed by atoms with van der Waals surface area (Å²) in [6.45, 7) is 13.2. The Morgan fingerprint density at radius 3 is 1.35 bits per heavy atom. The number of hydrogen-bond acceptors (Lipinski definition) is 9. The van der Waals surface area contributed by atoms with Crippen molar-refractivity contribution >= 4 is 58.6 Å². The largest absolute Gasteiger partial charge is 0.491 e. The van der Waals surface area contributed by atoms with Crippen LogP contribution >= 0.6 is 23.2 Å². The van der Waals surface area contributed by atoms with E-state index in [4.69, 9.17) is 42.5 Å². The molecule has 3 N–H and O–H groups in total. The number of carboxylic acid groups (broad SMARTS) is 1. The number of amides is 4. The Bertz CT molecular complexity index is 2110.